The van der Waals surface area contributed by atoms with Crippen molar-refractivity contribution in [3.8, 4) is 0 Å². The summed E-state index contributed by atoms with van der Waals surface area (Å²) in [6, 6.07) is 0. The summed E-state index contributed by atoms with van der Waals surface area (Å²) in [5, 5.41) is 8.38. The highest BCUT2D eigenvalue weighted by Gasteiger charge is 2.10. The molecule has 0 fully saturated rings. The fourth-order valence-corrected chi connectivity index (χ4v) is 1.46. The Morgan fingerprint density at radius 2 is 2.21 bits per heavy atom. The number of nitrogens with zero attached hydrogens (tertiary/aromatic N) is 5. The van der Waals surface area contributed by atoms with E-state index in [0.717, 1.165) is 0 Å². The number of nitrogen functional groups attached to an aromatic ring is 1. The average Bonchev–Trinajstić information content (AvgIpc) is 2.61. The minimum atomic E-state index is 0.368. The Morgan fingerprint density at radius 1 is 1.43 bits per heavy atom. The largest absolute Gasteiger partial charge is 0.382 e. The molecule has 8 heteroatoms. The summed E-state index contributed by atoms with van der Waals surface area (Å²) >= 11 is 1.44. The van der Waals surface area contributed by atoms with Gasteiger partial charge in [0, 0.05) is 0 Å². The molecule has 0 unspecified atom stereocenters. The van der Waals surface area contributed by atoms with Crippen LogP contribution in [-0.4, -0.2) is 38.5 Å². The second kappa shape index (κ2) is 3.45. The fourth-order valence-electron chi connectivity index (χ4n) is 1.10. The molecule has 2 rings (SSSR count). The van der Waals surface area contributed by atoms with E-state index in [4.69, 9.17) is 5.73 Å². The number of fused-ring (bicyclic) bond motifs is 1. The molecule has 0 aliphatic carbocycles. The summed E-state index contributed by atoms with van der Waals surface area (Å²) in [4.78, 5) is 8.33. The molecule has 0 spiro atoms. The molecule has 0 bridgehead atoms. The zero-order valence-corrected chi connectivity index (χ0v) is 8.62. The van der Waals surface area contributed by atoms with Crippen molar-refractivity contribution in [1.82, 2.24) is 24.9 Å². The lowest BCUT2D eigenvalue weighted by molar-refractivity contribution is 0.877. The van der Waals surface area contributed by atoms with Crippen LogP contribution in [0.3, 0.4) is 0 Å². The molecule has 2 heterocycles. The van der Waals surface area contributed by atoms with Crippen LogP contribution in [0.15, 0.2) is 5.16 Å². The molecule has 0 aliphatic heterocycles. The van der Waals surface area contributed by atoms with Gasteiger partial charge < -0.3 is 5.73 Å². The van der Waals surface area contributed by atoms with Crippen LogP contribution in [0.2, 0.25) is 6.82 Å². The molecule has 0 amide bonds. The van der Waals surface area contributed by atoms with Gasteiger partial charge in [-0.05, 0) is 6.26 Å². The standard InChI is InChI=1S/C6H8BN6S/c1-7-13-5-3(11-12-13)4(8)9-6(10-5)14-2/h1-2H3,(H2,8,9,10). The van der Waals surface area contributed by atoms with Gasteiger partial charge in [0.1, 0.15) is 0 Å². The molecular weight excluding hydrogens is 199 g/mol. The number of anilines is 1. The molecule has 0 aliphatic rings. The average molecular weight is 207 g/mol. The van der Waals surface area contributed by atoms with Gasteiger partial charge in [-0.3, -0.25) is 4.59 Å². The predicted molar refractivity (Wildman–Crippen MR) is 56.3 cm³/mol. The second-order valence-corrected chi connectivity index (χ2v) is 3.33. The van der Waals surface area contributed by atoms with Crippen LogP contribution in [0.25, 0.3) is 11.2 Å². The quantitative estimate of drug-likeness (QED) is 0.425. The maximum absolute atomic E-state index is 5.71. The van der Waals surface area contributed by atoms with Crippen LogP contribution in [0.5, 0.6) is 0 Å². The lowest BCUT2D eigenvalue weighted by atomic mass is 10.0. The molecule has 1 radical (unpaired) electrons. The van der Waals surface area contributed by atoms with E-state index in [1.165, 1.54) is 11.8 Å². The zero-order valence-electron chi connectivity index (χ0n) is 7.80. The predicted octanol–water partition coefficient (Wildman–Crippen LogP) is 0.0408. The lowest BCUT2D eigenvalue weighted by Crippen LogP contribution is -2.05. The van der Waals surface area contributed by atoms with E-state index in [1.54, 1.807) is 12.0 Å². The number of hydrogen-bond donors (Lipinski definition) is 1. The van der Waals surface area contributed by atoms with Crippen LogP contribution in [-0.2, 0) is 0 Å². The van der Waals surface area contributed by atoms with Gasteiger partial charge in [0.15, 0.2) is 22.1 Å². The van der Waals surface area contributed by atoms with E-state index in [1.807, 2.05) is 13.1 Å². The molecule has 0 saturated heterocycles. The van der Waals surface area contributed by atoms with Gasteiger partial charge in [-0.15, -0.1) is 5.10 Å². The molecule has 71 valence electrons. The smallest absolute Gasteiger partial charge is 0.281 e. The van der Waals surface area contributed by atoms with Gasteiger partial charge >= 0.3 is 0 Å². The van der Waals surface area contributed by atoms with Crippen LogP contribution in [0.4, 0.5) is 5.82 Å². The van der Waals surface area contributed by atoms with Gasteiger partial charge in [0.2, 0.25) is 0 Å². The first kappa shape index (κ1) is 9.26. The van der Waals surface area contributed by atoms with Crippen molar-refractivity contribution in [3.63, 3.8) is 0 Å². The van der Waals surface area contributed by atoms with Gasteiger partial charge in [0.05, 0.1) is 0 Å². The molecule has 2 N–H and O–H groups in total. The van der Waals surface area contributed by atoms with Gasteiger partial charge in [0.25, 0.3) is 7.41 Å². The Balaban J connectivity index is 2.73. The lowest BCUT2D eigenvalue weighted by Gasteiger charge is -1.99. The molecule has 14 heavy (non-hydrogen) atoms. The Bertz CT molecular complexity index is 469. The van der Waals surface area contributed by atoms with Crippen molar-refractivity contribution in [1.29, 1.82) is 0 Å². The maximum atomic E-state index is 5.71. The number of aromatic nitrogens is 5. The Labute approximate surface area is 85.6 Å². The van der Waals surface area contributed by atoms with Crippen LogP contribution in [0, 0.1) is 0 Å². The fraction of sp³-hybridized carbons (Fsp3) is 0.333. The number of hydrogen-bond acceptors (Lipinski definition) is 6. The zero-order chi connectivity index (χ0) is 10.1. The van der Waals surface area contributed by atoms with Gasteiger partial charge in [-0.25, -0.2) is 9.97 Å². The van der Waals surface area contributed by atoms with Crippen molar-refractivity contribution in [2.75, 3.05) is 12.0 Å². The Kier molecular flexibility index (Phi) is 2.28. The van der Waals surface area contributed by atoms with Gasteiger partial charge in [-0.2, -0.15) is 0 Å². The minimum absolute atomic E-state index is 0.368. The number of nitrogens with two attached hydrogens (primary N) is 1. The van der Waals surface area contributed by atoms with E-state index in [0.29, 0.717) is 22.1 Å². The highest BCUT2D eigenvalue weighted by atomic mass is 32.2. The van der Waals surface area contributed by atoms with E-state index in [-0.39, 0.29) is 0 Å². The number of rotatable bonds is 2. The molecule has 2 aromatic heterocycles. The summed E-state index contributed by atoms with van der Waals surface area (Å²) < 4.78 is 1.58. The summed E-state index contributed by atoms with van der Waals surface area (Å²) in [5.74, 6) is 0.368. The normalized spacial score (nSPS) is 10.7. The van der Waals surface area contributed by atoms with Crippen molar-refractivity contribution in [2.24, 2.45) is 0 Å². The summed E-state index contributed by atoms with van der Waals surface area (Å²) in [6.45, 7) is 1.85. The SMILES string of the molecule is C[B]n1nnc2c(N)nc(SC)nc21. The molecule has 0 atom stereocenters. The topological polar surface area (TPSA) is 82.5 Å². The molecule has 0 aromatic carbocycles. The van der Waals surface area contributed by atoms with E-state index >= 15 is 0 Å². The summed E-state index contributed by atoms with van der Waals surface area (Å²) in [6.07, 6.45) is 1.89. The molecule has 2 aromatic rings. The summed E-state index contributed by atoms with van der Waals surface area (Å²) in [5.41, 5.74) is 6.89. The third-order valence-electron chi connectivity index (χ3n) is 1.76. The number of thioether (sulfide) groups is 1. The van der Waals surface area contributed by atoms with Crippen LogP contribution >= 0.6 is 11.8 Å². The van der Waals surface area contributed by atoms with Crippen molar-refractivity contribution >= 4 is 36.2 Å². The highest BCUT2D eigenvalue weighted by molar-refractivity contribution is 7.98. The first-order valence-corrected chi connectivity index (χ1v) is 5.20. The van der Waals surface area contributed by atoms with Gasteiger partial charge in [-0.1, -0.05) is 23.8 Å². The molecule has 0 saturated carbocycles. The van der Waals surface area contributed by atoms with Crippen molar-refractivity contribution in [3.05, 3.63) is 0 Å². The second-order valence-electron chi connectivity index (χ2n) is 2.56. The van der Waals surface area contributed by atoms with Crippen molar-refractivity contribution in [2.45, 2.75) is 12.0 Å². The monoisotopic (exact) mass is 207 g/mol. The Morgan fingerprint density at radius 3 is 2.86 bits per heavy atom. The van der Waals surface area contributed by atoms with Crippen molar-refractivity contribution < 1.29 is 0 Å². The Hall–Kier alpha value is -1.31. The van der Waals surface area contributed by atoms with E-state index in [2.05, 4.69) is 20.3 Å². The van der Waals surface area contributed by atoms with Crippen LogP contribution in [0.1, 0.15) is 0 Å². The molecule has 6 nitrogen and oxygen atoms in total. The highest BCUT2D eigenvalue weighted by Crippen LogP contribution is 2.18. The van der Waals surface area contributed by atoms with E-state index in [9.17, 15) is 0 Å². The first-order chi connectivity index (χ1) is 6.76. The van der Waals surface area contributed by atoms with Crippen LogP contribution < -0.4 is 5.73 Å². The third-order valence-corrected chi connectivity index (χ3v) is 2.31. The van der Waals surface area contributed by atoms with E-state index < -0.39 is 0 Å². The minimum Gasteiger partial charge on any atom is -0.382 e. The third kappa shape index (κ3) is 1.31. The maximum Gasteiger partial charge on any atom is 0.281 e. The first-order valence-electron chi connectivity index (χ1n) is 3.98. The molecular formula is C6H8BN6S. The summed E-state index contributed by atoms with van der Waals surface area (Å²) in [7, 11) is 1.77.